The Morgan fingerprint density at radius 3 is 1.33 bits per heavy atom. The van der Waals surface area contributed by atoms with Crippen LogP contribution in [0.15, 0.2) is 0 Å². The summed E-state index contributed by atoms with van der Waals surface area (Å²) in [4.78, 5) is 3.11. The molecular formula is C8H18MoN2S4. The molecule has 0 unspecified atom stereocenters. The van der Waals surface area contributed by atoms with Gasteiger partial charge in [0.15, 0.2) is 0 Å². The summed E-state index contributed by atoms with van der Waals surface area (Å²) in [6.45, 7) is 4.56. The fraction of sp³-hybridized carbons (Fsp3) is 0.750. The maximum Gasteiger partial charge on any atom is -0.0708 e. The van der Waals surface area contributed by atoms with Crippen LogP contribution < -0.4 is 11.5 Å². The van der Waals surface area contributed by atoms with E-state index in [0.717, 1.165) is 0 Å². The molecule has 4 N–H and O–H groups in total. The molecule has 0 fully saturated rings. The minimum Gasteiger partial charge on any atom is -0.415 e. The standard InChI is InChI=1S/2C3H7.2CH3NS2.Mo/c2*1-3-2;2*2-1(3)4;/h2*1,3H2,2H3;2*(H3,2,3,4);/q;;;;+2/p-2. The van der Waals surface area contributed by atoms with E-state index in [1.54, 1.807) is 9.62 Å². The summed E-state index contributed by atoms with van der Waals surface area (Å²) < 4.78 is 0.167. The first kappa shape index (κ1) is 21.2. The van der Waals surface area contributed by atoms with Crippen molar-refractivity contribution in [3.05, 3.63) is 0 Å². The molecule has 15 heavy (non-hydrogen) atoms. The van der Waals surface area contributed by atoms with Gasteiger partial charge in [0, 0.05) is 0 Å². The fourth-order valence-electron chi connectivity index (χ4n) is 0.391. The van der Waals surface area contributed by atoms with Crippen LogP contribution in [0.25, 0.3) is 0 Å². The van der Waals surface area contributed by atoms with Crippen molar-refractivity contribution < 1.29 is 18.6 Å². The molecule has 2 nitrogen and oxygen atoms in total. The minimum atomic E-state index is 0.0833. The molecule has 0 aromatic carbocycles. The summed E-state index contributed by atoms with van der Waals surface area (Å²) in [5.74, 6) is 0. The smallest absolute Gasteiger partial charge is 0.0708 e. The second-order valence-corrected chi connectivity index (χ2v) is 7.54. The monoisotopic (exact) mass is 368 g/mol. The second kappa shape index (κ2) is 20.3. The van der Waals surface area contributed by atoms with Gasteiger partial charge < -0.3 is 61.2 Å². The first-order valence-electron chi connectivity index (χ1n) is 4.39. The number of hydrogen-bond donors (Lipinski definition) is 2. The molecule has 0 aliphatic heterocycles. The zero-order valence-corrected chi connectivity index (χ0v) is 14.3. The number of hydrogen-bond acceptors (Lipinski definition) is 4. The molecule has 0 aromatic heterocycles. The van der Waals surface area contributed by atoms with Crippen LogP contribution in [-0.4, -0.2) is 8.64 Å². The Balaban J connectivity index is -0.000000155. The van der Waals surface area contributed by atoms with E-state index in [-0.39, 0.29) is 8.64 Å². The summed E-state index contributed by atoms with van der Waals surface area (Å²) in [6.07, 6.45) is 2.84. The molecule has 0 saturated carbocycles. The second-order valence-electron chi connectivity index (χ2n) is 2.25. The third kappa shape index (κ3) is 103. The van der Waals surface area contributed by atoms with E-state index < -0.39 is 0 Å². The van der Waals surface area contributed by atoms with Crippen LogP contribution in [0.4, 0.5) is 0 Å². The molecule has 7 heteroatoms. The van der Waals surface area contributed by atoms with E-state index >= 15 is 0 Å². The molecule has 0 aliphatic carbocycles. The normalized spacial score (nSPS) is 7.33. The van der Waals surface area contributed by atoms with Crippen LogP contribution in [-0.2, 0) is 43.8 Å². The van der Waals surface area contributed by atoms with Gasteiger partial charge in [-0.2, -0.15) is 0 Å². The molecule has 0 aromatic rings. The van der Waals surface area contributed by atoms with Crippen molar-refractivity contribution in [3.8, 4) is 0 Å². The number of nitrogens with two attached hydrogens (primary N) is 2. The Morgan fingerprint density at radius 2 is 1.20 bits per heavy atom. The van der Waals surface area contributed by atoms with Crippen molar-refractivity contribution in [3.63, 3.8) is 0 Å². The summed E-state index contributed by atoms with van der Waals surface area (Å²) >= 11 is 17.0. The van der Waals surface area contributed by atoms with Gasteiger partial charge in [0.25, 0.3) is 0 Å². The minimum absolute atomic E-state index is 0.0833. The van der Waals surface area contributed by atoms with Crippen molar-refractivity contribution in [1.29, 1.82) is 0 Å². The molecule has 0 atom stereocenters. The molecule has 0 bridgehead atoms. The van der Waals surface area contributed by atoms with E-state index in [0.29, 0.717) is 18.6 Å². The van der Waals surface area contributed by atoms with Crippen molar-refractivity contribution in [2.75, 3.05) is 0 Å². The van der Waals surface area contributed by atoms with Crippen LogP contribution in [0.5, 0.6) is 0 Å². The fourth-order valence-corrected chi connectivity index (χ4v) is 2.31. The molecule has 0 aliphatic rings. The quantitative estimate of drug-likeness (QED) is 0.345. The van der Waals surface area contributed by atoms with Crippen LogP contribution in [0.3, 0.4) is 0 Å². The maximum absolute atomic E-state index is 4.66. The summed E-state index contributed by atoms with van der Waals surface area (Å²) in [5.41, 5.74) is 9.31. The summed E-state index contributed by atoms with van der Waals surface area (Å²) in [7, 11) is 0. The van der Waals surface area contributed by atoms with Crippen LogP contribution in [0.1, 0.15) is 26.7 Å². The predicted molar refractivity (Wildman–Crippen MR) is 78.5 cm³/mol. The van der Waals surface area contributed by atoms with E-state index in [4.69, 9.17) is 0 Å². The van der Waals surface area contributed by atoms with Crippen molar-refractivity contribution in [2.24, 2.45) is 11.5 Å². The van der Waals surface area contributed by atoms with Gasteiger partial charge in [0.1, 0.15) is 0 Å². The van der Waals surface area contributed by atoms with Gasteiger partial charge in [-0.3, -0.25) is 0 Å². The van der Waals surface area contributed by atoms with Crippen LogP contribution in [0.2, 0.25) is 9.62 Å². The molecule has 0 spiro atoms. The topological polar surface area (TPSA) is 52.0 Å². The van der Waals surface area contributed by atoms with E-state index in [1.165, 1.54) is 12.8 Å². The van der Waals surface area contributed by atoms with E-state index in [9.17, 15) is 0 Å². The third-order valence-electron chi connectivity index (χ3n) is 0.697. The largest absolute Gasteiger partial charge is 0.415 e. The van der Waals surface area contributed by atoms with Crippen molar-refractivity contribution in [2.45, 2.75) is 36.3 Å². The van der Waals surface area contributed by atoms with Crippen molar-refractivity contribution >= 4 is 58.3 Å². The average Bonchev–Trinajstić information content (AvgIpc) is 2.03. The molecule has 0 radical (unpaired) electrons. The van der Waals surface area contributed by atoms with Gasteiger partial charge in [-0.1, -0.05) is 8.64 Å². The maximum atomic E-state index is 4.66. The van der Waals surface area contributed by atoms with Gasteiger partial charge in [-0.15, -0.1) is 0 Å². The summed E-state index contributed by atoms with van der Waals surface area (Å²) in [6, 6.07) is 0. The first-order valence-corrected chi connectivity index (χ1v) is 8.86. The SMILES string of the molecule is CC[CH2][Mo+2][CH2]CC.NC(=S)[S-].NC(=S)[S-]. The number of rotatable bonds is 4. The zero-order chi connectivity index (χ0) is 12.7. The molecule has 0 amide bonds. The Kier molecular flexibility index (Phi) is 28.8. The Labute approximate surface area is 124 Å². The zero-order valence-electron chi connectivity index (χ0n) is 9.02. The van der Waals surface area contributed by atoms with Gasteiger partial charge in [0.05, 0.1) is 0 Å². The Morgan fingerprint density at radius 1 is 1.00 bits per heavy atom. The average molecular weight is 366 g/mol. The molecule has 90 valence electrons. The molecule has 0 heterocycles. The molecular weight excluding hydrogens is 348 g/mol. The van der Waals surface area contributed by atoms with E-state index in [1.807, 2.05) is 0 Å². The van der Waals surface area contributed by atoms with Crippen LogP contribution in [0, 0.1) is 0 Å². The Hall–Kier alpha value is 0.908. The predicted octanol–water partition coefficient (Wildman–Crippen LogP) is 2.28. The molecule has 0 rings (SSSR count). The van der Waals surface area contributed by atoms with Crippen molar-refractivity contribution in [1.82, 2.24) is 0 Å². The van der Waals surface area contributed by atoms with Gasteiger partial charge in [0.2, 0.25) is 0 Å². The van der Waals surface area contributed by atoms with Gasteiger partial charge in [-0.25, -0.2) is 0 Å². The van der Waals surface area contributed by atoms with E-state index in [2.05, 4.69) is 75.0 Å². The Bertz CT molecular complexity index is 132. The molecule has 0 saturated heterocycles. The first-order chi connectivity index (χ1) is 6.88. The summed E-state index contributed by atoms with van der Waals surface area (Å²) in [5, 5.41) is 0. The van der Waals surface area contributed by atoms with Crippen LogP contribution >= 0.6 is 24.4 Å². The third-order valence-corrected chi connectivity index (χ3v) is 4.12. The van der Waals surface area contributed by atoms with Gasteiger partial charge in [-0.05, 0) is 0 Å². The van der Waals surface area contributed by atoms with Gasteiger partial charge >= 0.3 is 54.9 Å². The number of thiocarbonyl (C=S) groups is 2.